The normalized spacial score (nSPS) is 11.0. The van der Waals surface area contributed by atoms with Gasteiger partial charge in [0.2, 0.25) is 5.91 Å². The number of likely N-dealkylation sites (N-methyl/N-ethyl adjacent to an activating group) is 1. The zero-order valence-electron chi connectivity index (χ0n) is 14.3. The molecule has 2 aromatic rings. The van der Waals surface area contributed by atoms with Gasteiger partial charge < -0.3 is 4.90 Å². The van der Waals surface area contributed by atoms with Gasteiger partial charge in [0.05, 0.1) is 11.3 Å². The molecular weight excluding hydrogens is 340 g/mol. The minimum atomic E-state index is -3.74. The summed E-state index contributed by atoms with van der Waals surface area (Å²) in [7, 11) is -0.376. The maximum Gasteiger partial charge on any atom is 0.261 e. The van der Waals surface area contributed by atoms with E-state index in [0.29, 0.717) is 11.3 Å². The first-order chi connectivity index (χ1) is 11.7. The number of nitrogens with one attached hydrogen (secondary N) is 1. The molecule has 6 nitrogen and oxygen atoms in total. The molecule has 0 bridgehead atoms. The first-order valence-electron chi connectivity index (χ1n) is 7.62. The van der Waals surface area contributed by atoms with Crippen molar-refractivity contribution in [3.05, 3.63) is 59.7 Å². The lowest BCUT2D eigenvalue weighted by Crippen LogP contribution is -2.23. The molecule has 0 heterocycles. The molecule has 2 aromatic carbocycles. The molecule has 0 saturated carbocycles. The number of rotatable bonds is 6. The average Bonchev–Trinajstić information content (AvgIpc) is 2.56. The van der Waals surface area contributed by atoms with Gasteiger partial charge in [0.25, 0.3) is 10.0 Å². The van der Waals surface area contributed by atoms with Crippen molar-refractivity contribution < 1.29 is 18.0 Å². The van der Waals surface area contributed by atoms with E-state index in [1.165, 1.54) is 36.1 Å². The zero-order valence-corrected chi connectivity index (χ0v) is 15.1. The Hall–Kier alpha value is -2.67. The lowest BCUT2D eigenvalue weighted by atomic mass is 10.1. The summed E-state index contributed by atoms with van der Waals surface area (Å²) >= 11 is 0. The van der Waals surface area contributed by atoms with Crippen molar-refractivity contribution in [3.8, 4) is 0 Å². The third kappa shape index (κ3) is 4.90. The van der Waals surface area contributed by atoms with Gasteiger partial charge in [-0.15, -0.1) is 0 Å². The van der Waals surface area contributed by atoms with E-state index in [-0.39, 0.29) is 23.0 Å². The molecule has 0 aliphatic carbocycles. The molecule has 1 N–H and O–H groups in total. The van der Waals surface area contributed by atoms with Crippen molar-refractivity contribution in [2.75, 3.05) is 18.8 Å². The summed E-state index contributed by atoms with van der Waals surface area (Å²) in [6.07, 6.45) is 0.256. The highest BCUT2D eigenvalue weighted by Crippen LogP contribution is 2.18. The Balaban J connectivity index is 2.12. The monoisotopic (exact) mass is 360 g/mol. The fourth-order valence-electron chi connectivity index (χ4n) is 2.11. The van der Waals surface area contributed by atoms with Crippen LogP contribution < -0.4 is 4.72 Å². The van der Waals surface area contributed by atoms with Gasteiger partial charge >= 0.3 is 0 Å². The van der Waals surface area contributed by atoms with Gasteiger partial charge in [0, 0.05) is 25.3 Å². The number of hydrogen-bond donors (Lipinski definition) is 1. The van der Waals surface area contributed by atoms with Gasteiger partial charge in [-0.25, -0.2) is 8.42 Å². The minimum Gasteiger partial charge on any atom is -0.349 e. The topological polar surface area (TPSA) is 83.5 Å². The SMILES string of the molecule is CC(=O)c1ccc(S(=O)(=O)Nc2ccc(CC(=O)N(C)C)cc2)cc1. The van der Waals surface area contributed by atoms with E-state index in [1.54, 1.807) is 38.4 Å². The quantitative estimate of drug-likeness (QED) is 0.802. The molecule has 25 heavy (non-hydrogen) atoms. The number of sulfonamides is 1. The molecule has 7 heteroatoms. The highest BCUT2D eigenvalue weighted by molar-refractivity contribution is 7.92. The van der Waals surface area contributed by atoms with Gasteiger partial charge in [0.15, 0.2) is 5.78 Å². The predicted octanol–water partition coefficient (Wildman–Crippen LogP) is 2.32. The number of amides is 1. The predicted molar refractivity (Wildman–Crippen MR) is 96.1 cm³/mol. The molecule has 1 amide bonds. The van der Waals surface area contributed by atoms with Gasteiger partial charge in [-0.1, -0.05) is 24.3 Å². The fourth-order valence-corrected chi connectivity index (χ4v) is 3.16. The molecular formula is C18H20N2O4S. The molecule has 0 spiro atoms. The second-order valence-corrected chi connectivity index (χ2v) is 7.53. The number of carbonyl (C=O) groups is 2. The summed E-state index contributed by atoms with van der Waals surface area (Å²) < 4.78 is 27.2. The van der Waals surface area contributed by atoms with Crippen LogP contribution in [0.5, 0.6) is 0 Å². The van der Waals surface area contributed by atoms with Gasteiger partial charge in [-0.3, -0.25) is 14.3 Å². The summed E-state index contributed by atoms with van der Waals surface area (Å²) in [5, 5.41) is 0. The molecule has 0 saturated heterocycles. The molecule has 0 atom stereocenters. The molecule has 0 radical (unpaired) electrons. The van der Waals surface area contributed by atoms with Gasteiger partial charge in [-0.05, 0) is 36.8 Å². The first-order valence-corrected chi connectivity index (χ1v) is 9.10. The second-order valence-electron chi connectivity index (χ2n) is 5.85. The molecule has 2 rings (SSSR count). The number of hydrogen-bond acceptors (Lipinski definition) is 4. The van der Waals surface area contributed by atoms with E-state index in [4.69, 9.17) is 0 Å². The lowest BCUT2D eigenvalue weighted by molar-refractivity contribution is -0.127. The van der Waals surface area contributed by atoms with E-state index in [9.17, 15) is 18.0 Å². The summed E-state index contributed by atoms with van der Waals surface area (Å²) in [4.78, 5) is 24.5. The Morgan fingerprint density at radius 3 is 2.00 bits per heavy atom. The van der Waals surface area contributed by atoms with Crippen LogP contribution in [0.2, 0.25) is 0 Å². The molecule has 0 aliphatic rings. The number of ketones is 1. The van der Waals surface area contributed by atoms with E-state index < -0.39 is 10.0 Å². The van der Waals surface area contributed by atoms with Crippen LogP contribution >= 0.6 is 0 Å². The Labute approximate surface area is 147 Å². The summed E-state index contributed by atoms with van der Waals surface area (Å²) in [6, 6.07) is 12.4. The van der Waals surface area contributed by atoms with Crippen molar-refractivity contribution in [1.82, 2.24) is 4.90 Å². The number of Topliss-reactive ketones (excluding diaryl/α,β-unsaturated/α-hetero) is 1. The Bertz CT molecular complexity index is 870. The van der Waals surface area contributed by atoms with Crippen LogP contribution in [-0.2, 0) is 21.2 Å². The third-order valence-corrected chi connectivity index (χ3v) is 5.03. The minimum absolute atomic E-state index is 0.0288. The fraction of sp³-hybridized carbons (Fsp3) is 0.222. The van der Waals surface area contributed by atoms with Crippen molar-refractivity contribution in [2.45, 2.75) is 18.2 Å². The van der Waals surface area contributed by atoms with Crippen molar-refractivity contribution in [3.63, 3.8) is 0 Å². The largest absolute Gasteiger partial charge is 0.349 e. The molecule has 0 aliphatic heterocycles. The first kappa shape index (κ1) is 18.7. The van der Waals surface area contributed by atoms with Gasteiger partial charge in [-0.2, -0.15) is 0 Å². The Morgan fingerprint density at radius 2 is 1.52 bits per heavy atom. The second kappa shape index (κ2) is 7.48. The number of anilines is 1. The maximum absolute atomic E-state index is 12.4. The average molecular weight is 360 g/mol. The number of carbonyl (C=O) groups excluding carboxylic acids is 2. The summed E-state index contributed by atoms with van der Waals surface area (Å²) in [5.74, 6) is -0.154. The highest BCUT2D eigenvalue weighted by atomic mass is 32.2. The van der Waals surface area contributed by atoms with Crippen LogP contribution in [0.1, 0.15) is 22.8 Å². The zero-order chi connectivity index (χ0) is 18.6. The lowest BCUT2D eigenvalue weighted by Gasteiger charge is -2.11. The van der Waals surface area contributed by atoms with Crippen LogP contribution in [0.25, 0.3) is 0 Å². The van der Waals surface area contributed by atoms with Crippen molar-refractivity contribution in [2.24, 2.45) is 0 Å². The Morgan fingerprint density at radius 1 is 0.960 bits per heavy atom. The summed E-state index contributed by atoms with van der Waals surface area (Å²) in [5.41, 5.74) is 1.65. The van der Waals surface area contributed by atoms with Crippen molar-refractivity contribution >= 4 is 27.4 Å². The van der Waals surface area contributed by atoms with Crippen molar-refractivity contribution in [1.29, 1.82) is 0 Å². The molecule has 0 unspecified atom stereocenters. The maximum atomic E-state index is 12.4. The van der Waals surface area contributed by atoms with E-state index in [1.807, 2.05) is 0 Å². The number of benzene rings is 2. The molecule has 0 aromatic heterocycles. The van der Waals surface area contributed by atoms with E-state index >= 15 is 0 Å². The van der Waals surface area contributed by atoms with Crippen LogP contribution in [0, 0.1) is 0 Å². The summed E-state index contributed by atoms with van der Waals surface area (Å²) in [6.45, 7) is 1.42. The van der Waals surface area contributed by atoms with Crippen LogP contribution in [-0.4, -0.2) is 39.1 Å². The molecule has 132 valence electrons. The number of nitrogens with zero attached hydrogens (tertiary/aromatic N) is 1. The highest BCUT2D eigenvalue weighted by Gasteiger charge is 2.15. The third-order valence-electron chi connectivity index (χ3n) is 3.63. The van der Waals surface area contributed by atoms with Crippen LogP contribution in [0.3, 0.4) is 0 Å². The standard InChI is InChI=1S/C18H20N2O4S/c1-13(21)15-6-10-17(11-7-15)25(23,24)19-16-8-4-14(5-9-16)12-18(22)20(2)3/h4-11,19H,12H2,1-3H3. The van der Waals surface area contributed by atoms with Gasteiger partial charge in [0.1, 0.15) is 0 Å². The van der Waals surface area contributed by atoms with Crippen LogP contribution in [0.4, 0.5) is 5.69 Å². The smallest absolute Gasteiger partial charge is 0.261 e. The van der Waals surface area contributed by atoms with E-state index in [0.717, 1.165) is 5.56 Å². The Kier molecular flexibility index (Phi) is 5.58. The van der Waals surface area contributed by atoms with E-state index in [2.05, 4.69) is 4.72 Å². The molecule has 0 fully saturated rings. The van der Waals surface area contributed by atoms with Crippen LogP contribution in [0.15, 0.2) is 53.4 Å².